The van der Waals surface area contributed by atoms with E-state index in [0.29, 0.717) is 19.0 Å². The summed E-state index contributed by atoms with van der Waals surface area (Å²) < 4.78 is 45.4. The van der Waals surface area contributed by atoms with E-state index in [1.54, 1.807) is 20.8 Å². The first kappa shape index (κ1) is 22.5. The second-order valence-corrected chi connectivity index (χ2v) is 7.60. The molecule has 1 aromatic carbocycles. The van der Waals surface area contributed by atoms with Crippen molar-refractivity contribution in [2.45, 2.75) is 32.8 Å². The molecule has 1 aliphatic rings. The van der Waals surface area contributed by atoms with Gasteiger partial charge in [-0.2, -0.15) is 0 Å². The van der Waals surface area contributed by atoms with Gasteiger partial charge in [0.2, 0.25) is 5.91 Å². The van der Waals surface area contributed by atoms with Crippen LogP contribution in [0.15, 0.2) is 12.1 Å². The lowest BCUT2D eigenvalue weighted by molar-refractivity contribution is -0.130. The number of rotatable bonds is 3. The number of halogens is 3. The summed E-state index contributed by atoms with van der Waals surface area (Å²) in [4.78, 5) is 39.2. The summed E-state index contributed by atoms with van der Waals surface area (Å²) in [6.45, 7) is 5.64. The highest BCUT2D eigenvalue weighted by atomic mass is 19.2. The molecule has 0 unspecified atom stereocenters. The fourth-order valence-corrected chi connectivity index (χ4v) is 2.81. The van der Waals surface area contributed by atoms with Crippen molar-refractivity contribution in [2.24, 2.45) is 0 Å². The van der Waals surface area contributed by atoms with Crippen LogP contribution in [0.1, 0.15) is 37.6 Å². The minimum absolute atomic E-state index is 0.0927. The Balaban J connectivity index is 1.93. The topological polar surface area (TPSA) is 79.0 Å². The number of nitrogens with one attached hydrogen (secondary N) is 1. The standard InChI is InChI=1S/C19H24F3N3O4/c1-19(2,3)29-18(28)23-11-14(26)24-7-4-8-25(10-9-24)17(27)12-5-6-13(20)16(22)15(12)21/h5-6H,4,7-11H2,1-3H3,(H,23,28). The zero-order valence-corrected chi connectivity index (χ0v) is 16.6. The molecule has 10 heteroatoms. The van der Waals surface area contributed by atoms with E-state index < -0.39 is 40.6 Å². The lowest BCUT2D eigenvalue weighted by Gasteiger charge is -2.23. The quantitative estimate of drug-likeness (QED) is 0.769. The highest BCUT2D eigenvalue weighted by molar-refractivity contribution is 5.94. The molecule has 0 saturated carbocycles. The molecule has 1 aliphatic heterocycles. The third kappa shape index (κ3) is 6.10. The van der Waals surface area contributed by atoms with Crippen LogP contribution in [0.2, 0.25) is 0 Å². The molecule has 0 radical (unpaired) electrons. The summed E-state index contributed by atoms with van der Waals surface area (Å²) >= 11 is 0. The largest absolute Gasteiger partial charge is 0.444 e. The van der Waals surface area contributed by atoms with E-state index in [9.17, 15) is 27.6 Å². The van der Waals surface area contributed by atoms with Gasteiger partial charge in [-0.15, -0.1) is 0 Å². The van der Waals surface area contributed by atoms with Gasteiger partial charge in [-0.1, -0.05) is 0 Å². The zero-order chi connectivity index (χ0) is 21.8. The predicted octanol–water partition coefficient (Wildman–Crippen LogP) is 2.30. The van der Waals surface area contributed by atoms with Crippen LogP contribution in [-0.4, -0.2) is 66.0 Å². The third-order valence-electron chi connectivity index (χ3n) is 4.18. The molecular weight excluding hydrogens is 391 g/mol. The van der Waals surface area contributed by atoms with Gasteiger partial charge in [0.25, 0.3) is 5.91 Å². The second-order valence-electron chi connectivity index (χ2n) is 7.60. The van der Waals surface area contributed by atoms with E-state index in [1.165, 1.54) is 9.80 Å². The molecule has 29 heavy (non-hydrogen) atoms. The molecule has 0 aromatic heterocycles. The van der Waals surface area contributed by atoms with Gasteiger partial charge in [-0.05, 0) is 39.3 Å². The Kier molecular flexibility index (Phi) is 7.10. The highest BCUT2D eigenvalue weighted by Crippen LogP contribution is 2.18. The molecule has 1 saturated heterocycles. The van der Waals surface area contributed by atoms with E-state index >= 15 is 0 Å². The van der Waals surface area contributed by atoms with E-state index in [-0.39, 0.29) is 32.1 Å². The molecule has 0 atom stereocenters. The Morgan fingerprint density at radius 3 is 2.28 bits per heavy atom. The van der Waals surface area contributed by atoms with E-state index in [4.69, 9.17) is 4.74 Å². The molecule has 0 spiro atoms. The average Bonchev–Trinajstić information content (AvgIpc) is 2.89. The van der Waals surface area contributed by atoms with E-state index in [2.05, 4.69) is 5.32 Å². The number of hydrogen-bond acceptors (Lipinski definition) is 4. The Bertz CT molecular complexity index is 796. The van der Waals surface area contributed by atoms with Crippen LogP contribution < -0.4 is 5.32 Å². The average molecular weight is 415 g/mol. The molecule has 0 bridgehead atoms. The van der Waals surface area contributed by atoms with Gasteiger partial charge in [0.05, 0.1) is 5.56 Å². The molecule has 3 amide bonds. The molecule has 1 fully saturated rings. The summed E-state index contributed by atoms with van der Waals surface area (Å²) in [6.07, 6.45) is -0.304. The van der Waals surface area contributed by atoms with Crippen molar-refractivity contribution in [3.05, 3.63) is 35.1 Å². The number of alkyl carbamates (subject to hydrolysis) is 1. The van der Waals surface area contributed by atoms with Gasteiger partial charge in [-0.3, -0.25) is 9.59 Å². The number of benzene rings is 1. The van der Waals surface area contributed by atoms with Crippen molar-refractivity contribution in [1.29, 1.82) is 0 Å². The summed E-state index contributed by atoms with van der Waals surface area (Å²) in [5.74, 6) is -5.74. The monoisotopic (exact) mass is 415 g/mol. The number of ether oxygens (including phenoxy) is 1. The van der Waals surface area contributed by atoms with Crippen molar-refractivity contribution in [2.75, 3.05) is 32.7 Å². The van der Waals surface area contributed by atoms with Crippen molar-refractivity contribution in [3.63, 3.8) is 0 Å². The van der Waals surface area contributed by atoms with Crippen LogP contribution in [0.4, 0.5) is 18.0 Å². The van der Waals surface area contributed by atoms with E-state index in [1.807, 2.05) is 0 Å². The molecule has 0 aliphatic carbocycles. The van der Waals surface area contributed by atoms with Gasteiger partial charge < -0.3 is 19.9 Å². The number of carbonyl (C=O) groups excluding carboxylic acids is 3. The van der Waals surface area contributed by atoms with Crippen LogP contribution in [0.25, 0.3) is 0 Å². The summed E-state index contributed by atoms with van der Waals surface area (Å²) in [6, 6.07) is 1.59. The van der Waals surface area contributed by atoms with E-state index in [0.717, 1.165) is 6.07 Å². The van der Waals surface area contributed by atoms with Crippen molar-refractivity contribution < 1.29 is 32.3 Å². The van der Waals surface area contributed by atoms with Gasteiger partial charge in [0.15, 0.2) is 17.5 Å². The molecule has 2 rings (SSSR count). The number of amides is 3. The Morgan fingerprint density at radius 2 is 1.62 bits per heavy atom. The Hall–Kier alpha value is -2.78. The van der Waals surface area contributed by atoms with Gasteiger partial charge in [0.1, 0.15) is 12.1 Å². The van der Waals surface area contributed by atoms with Gasteiger partial charge in [-0.25, -0.2) is 18.0 Å². The lowest BCUT2D eigenvalue weighted by atomic mass is 10.1. The summed E-state index contributed by atoms with van der Waals surface area (Å²) in [7, 11) is 0. The Morgan fingerprint density at radius 1 is 1.00 bits per heavy atom. The van der Waals surface area contributed by atoms with Crippen LogP contribution >= 0.6 is 0 Å². The Labute approximate surface area is 166 Å². The zero-order valence-electron chi connectivity index (χ0n) is 16.6. The van der Waals surface area contributed by atoms with Crippen molar-refractivity contribution in [1.82, 2.24) is 15.1 Å². The first-order valence-corrected chi connectivity index (χ1v) is 9.17. The SMILES string of the molecule is CC(C)(C)OC(=O)NCC(=O)N1CCCN(C(=O)c2ccc(F)c(F)c2F)CC1. The smallest absolute Gasteiger partial charge is 0.408 e. The maximum atomic E-state index is 13.9. The molecule has 1 aromatic rings. The fraction of sp³-hybridized carbons (Fsp3) is 0.526. The number of carbonyl (C=O) groups is 3. The fourth-order valence-electron chi connectivity index (χ4n) is 2.81. The minimum atomic E-state index is -1.70. The normalized spacial score (nSPS) is 15.0. The predicted molar refractivity (Wildman–Crippen MR) is 97.7 cm³/mol. The van der Waals surface area contributed by atoms with Crippen LogP contribution in [0.5, 0.6) is 0 Å². The van der Waals surface area contributed by atoms with Crippen LogP contribution in [0, 0.1) is 17.5 Å². The minimum Gasteiger partial charge on any atom is -0.444 e. The summed E-state index contributed by atoms with van der Waals surface area (Å²) in [5.41, 5.74) is -1.25. The van der Waals surface area contributed by atoms with Crippen molar-refractivity contribution >= 4 is 17.9 Å². The molecule has 160 valence electrons. The van der Waals surface area contributed by atoms with Gasteiger partial charge >= 0.3 is 6.09 Å². The lowest BCUT2D eigenvalue weighted by Crippen LogP contribution is -2.43. The summed E-state index contributed by atoms with van der Waals surface area (Å²) in [5, 5.41) is 2.38. The van der Waals surface area contributed by atoms with Gasteiger partial charge in [0, 0.05) is 26.2 Å². The highest BCUT2D eigenvalue weighted by Gasteiger charge is 2.27. The maximum Gasteiger partial charge on any atom is 0.408 e. The first-order chi connectivity index (χ1) is 13.5. The number of nitrogens with zero attached hydrogens (tertiary/aromatic N) is 2. The second kappa shape index (κ2) is 9.15. The van der Waals surface area contributed by atoms with Crippen LogP contribution in [0.3, 0.4) is 0 Å². The molecule has 7 nitrogen and oxygen atoms in total. The van der Waals surface area contributed by atoms with Crippen LogP contribution in [-0.2, 0) is 9.53 Å². The number of hydrogen-bond donors (Lipinski definition) is 1. The molecule has 1 heterocycles. The first-order valence-electron chi connectivity index (χ1n) is 9.17. The molecule has 1 N–H and O–H groups in total. The molecular formula is C19H24F3N3O4. The van der Waals surface area contributed by atoms with Crippen molar-refractivity contribution in [3.8, 4) is 0 Å². The third-order valence-corrected chi connectivity index (χ3v) is 4.18. The maximum absolute atomic E-state index is 13.9.